The zero-order chi connectivity index (χ0) is 9.56. The molecule has 0 aromatic heterocycles. The Balaban J connectivity index is 0.000000261. The van der Waals surface area contributed by atoms with Crippen LogP contribution in [0.5, 0.6) is 11.5 Å². The molecule has 0 unspecified atom stereocenters. The monoisotopic (exact) mass is 168 g/mol. The molecule has 3 heteroatoms. The molecule has 0 saturated carbocycles. The van der Waals surface area contributed by atoms with Crippen molar-refractivity contribution in [2.24, 2.45) is 0 Å². The second-order valence-electron chi connectivity index (χ2n) is 2.43. The number of benzene rings is 1. The van der Waals surface area contributed by atoms with Crippen molar-refractivity contribution in [3.05, 3.63) is 24.3 Å². The second-order valence-corrected chi connectivity index (χ2v) is 2.43. The summed E-state index contributed by atoms with van der Waals surface area (Å²) in [5.74, 6) is 0.343. The lowest BCUT2D eigenvalue weighted by atomic mass is 10.3. The predicted octanol–water partition coefficient (Wildman–Crippen LogP) is 1.69. The van der Waals surface area contributed by atoms with Crippen molar-refractivity contribution in [1.82, 2.24) is 0 Å². The lowest BCUT2D eigenvalue weighted by molar-refractivity contribution is -0.114. The van der Waals surface area contributed by atoms with E-state index in [9.17, 15) is 4.79 Å². The first kappa shape index (κ1) is 10.5. The van der Waals surface area contributed by atoms with E-state index in [1.165, 1.54) is 32.0 Å². The third-order valence-electron chi connectivity index (χ3n) is 0.830. The van der Waals surface area contributed by atoms with E-state index in [1.807, 2.05) is 0 Å². The van der Waals surface area contributed by atoms with E-state index in [4.69, 9.17) is 10.2 Å². The highest BCUT2D eigenvalue weighted by Gasteiger charge is 1.85. The molecule has 1 rings (SSSR count). The lowest BCUT2D eigenvalue weighted by Crippen LogP contribution is -1.69. The first-order chi connectivity index (χ1) is 5.52. The Bertz CT molecular complexity index is 234. The van der Waals surface area contributed by atoms with Crippen molar-refractivity contribution >= 4 is 5.78 Å². The highest BCUT2D eigenvalue weighted by atomic mass is 16.3. The van der Waals surface area contributed by atoms with Crippen molar-refractivity contribution in [3.8, 4) is 11.5 Å². The molecule has 1 aromatic rings. The average molecular weight is 168 g/mol. The number of hydrogen-bond donors (Lipinski definition) is 2. The van der Waals surface area contributed by atoms with Gasteiger partial charge in [-0.2, -0.15) is 0 Å². The molecule has 12 heavy (non-hydrogen) atoms. The number of carbonyl (C=O) groups is 1. The van der Waals surface area contributed by atoms with Crippen LogP contribution in [0.2, 0.25) is 0 Å². The SMILES string of the molecule is CC(C)=O.Oc1cccc(O)c1. The van der Waals surface area contributed by atoms with Gasteiger partial charge in [0.05, 0.1) is 0 Å². The number of carbonyl (C=O) groups excluding carboxylic acids is 1. The maximum atomic E-state index is 9.44. The number of rotatable bonds is 0. The number of ketones is 1. The Morgan fingerprint density at radius 2 is 1.50 bits per heavy atom. The zero-order valence-electron chi connectivity index (χ0n) is 7.11. The topological polar surface area (TPSA) is 57.5 Å². The summed E-state index contributed by atoms with van der Waals surface area (Å²) in [6.07, 6.45) is 0. The van der Waals surface area contributed by atoms with E-state index < -0.39 is 0 Å². The molecule has 66 valence electrons. The van der Waals surface area contributed by atoms with Crippen LogP contribution in [0.15, 0.2) is 24.3 Å². The van der Waals surface area contributed by atoms with E-state index in [1.54, 1.807) is 6.07 Å². The lowest BCUT2D eigenvalue weighted by Gasteiger charge is -1.89. The van der Waals surface area contributed by atoms with Crippen LogP contribution in [0.25, 0.3) is 0 Å². The van der Waals surface area contributed by atoms with Crippen LogP contribution in [0, 0.1) is 0 Å². The van der Waals surface area contributed by atoms with Gasteiger partial charge in [0.25, 0.3) is 0 Å². The molecule has 0 radical (unpaired) electrons. The second kappa shape index (κ2) is 5.18. The van der Waals surface area contributed by atoms with Gasteiger partial charge in [0.2, 0.25) is 0 Å². The summed E-state index contributed by atoms with van der Waals surface area (Å²) in [5, 5.41) is 17.3. The van der Waals surface area contributed by atoms with Crippen LogP contribution in [0.1, 0.15) is 13.8 Å². The molecule has 0 spiro atoms. The molecular formula is C9H12O3. The minimum absolute atomic E-state index is 0.0880. The number of hydrogen-bond acceptors (Lipinski definition) is 3. The van der Waals surface area contributed by atoms with Crippen LogP contribution >= 0.6 is 0 Å². The molecule has 0 aliphatic carbocycles. The average Bonchev–Trinajstić information content (AvgIpc) is 1.84. The van der Waals surface area contributed by atoms with Crippen molar-refractivity contribution in [1.29, 1.82) is 0 Å². The molecule has 0 heterocycles. The van der Waals surface area contributed by atoms with Gasteiger partial charge >= 0.3 is 0 Å². The third kappa shape index (κ3) is 6.61. The van der Waals surface area contributed by atoms with Gasteiger partial charge in [-0.3, -0.25) is 0 Å². The third-order valence-corrected chi connectivity index (χ3v) is 0.830. The molecule has 0 amide bonds. The van der Waals surface area contributed by atoms with E-state index in [0.717, 1.165) is 0 Å². The highest BCUT2D eigenvalue weighted by molar-refractivity contribution is 5.72. The van der Waals surface area contributed by atoms with Crippen LogP contribution < -0.4 is 0 Å². The summed E-state index contributed by atoms with van der Waals surface area (Å²) in [5.41, 5.74) is 0. The Morgan fingerprint density at radius 3 is 1.67 bits per heavy atom. The summed E-state index contributed by atoms with van der Waals surface area (Å²) in [6, 6.07) is 5.85. The van der Waals surface area contributed by atoms with Crippen LogP contribution in [0.3, 0.4) is 0 Å². The Morgan fingerprint density at radius 1 is 1.17 bits per heavy atom. The molecule has 3 nitrogen and oxygen atoms in total. The Labute approximate surface area is 71.3 Å². The van der Waals surface area contributed by atoms with Crippen molar-refractivity contribution in [3.63, 3.8) is 0 Å². The minimum Gasteiger partial charge on any atom is -0.508 e. The van der Waals surface area contributed by atoms with Gasteiger partial charge in [-0.1, -0.05) is 6.07 Å². The van der Waals surface area contributed by atoms with E-state index in [0.29, 0.717) is 0 Å². The zero-order valence-corrected chi connectivity index (χ0v) is 7.11. The smallest absolute Gasteiger partial charge is 0.126 e. The van der Waals surface area contributed by atoms with Gasteiger partial charge in [0.15, 0.2) is 0 Å². The van der Waals surface area contributed by atoms with Crippen LogP contribution in [-0.4, -0.2) is 16.0 Å². The van der Waals surface area contributed by atoms with Crippen molar-refractivity contribution in [2.75, 3.05) is 0 Å². The predicted molar refractivity (Wildman–Crippen MR) is 46.1 cm³/mol. The minimum atomic E-state index is 0.0880. The quantitative estimate of drug-likeness (QED) is 0.619. The van der Waals surface area contributed by atoms with E-state index >= 15 is 0 Å². The van der Waals surface area contributed by atoms with Gasteiger partial charge < -0.3 is 15.0 Å². The van der Waals surface area contributed by atoms with Gasteiger partial charge in [-0.05, 0) is 26.0 Å². The summed E-state index contributed by atoms with van der Waals surface area (Å²) in [4.78, 5) is 9.44. The molecule has 1 aromatic carbocycles. The Kier molecular flexibility index (Phi) is 4.53. The largest absolute Gasteiger partial charge is 0.508 e. The number of Topliss-reactive ketones (excluding diaryl/α,β-unsaturated/α-hetero) is 1. The standard InChI is InChI=1S/C6H6O2.C3H6O/c7-5-2-1-3-6(8)4-5;1-3(2)4/h1-4,7-8H;1-2H3. The van der Waals surface area contributed by atoms with Gasteiger partial charge in [-0.25, -0.2) is 0 Å². The fraction of sp³-hybridized carbons (Fsp3) is 0.222. The summed E-state index contributed by atoms with van der Waals surface area (Å²) >= 11 is 0. The molecule has 0 aliphatic heterocycles. The maximum absolute atomic E-state index is 9.44. The summed E-state index contributed by atoms with van der Waals surface area (Å²) in [7, 11) is 0. The normalized spacial score (nSPS) is 8.17. The van der Waals surface area contributed by atoms with E-state index in [2.05, 4.69) is 0 Å². The van der Waals surface area contributed by atoms with Gasteiger partial charge in [0, 0.05) is 6.07 Å². The molecule has 0 saturated heterocycles. The fourth-order valence-electron chi connectivity index (χ4n) is 0.493. The molecule has 0 atom stereocenters. The van der Waals surface area contributed by atoms with Crippen LogP contribution in [0.4, 0.5) is 0 Å². The van der Waals surface area contributed by atoms with Crippen LogP contribution in [-0.2, 0) is 4.79 Å². The first-order valence-corrected chi connectivity index (χ1v) is 3.47. The van der Waals surface area contributed by atoms with Crippen molar-refractivity contribution in [2.45, 2.75) is 13.8 Å². The van der Waals surface area contributed by atoms with Gasteiger partial charge in [0.1, 0.15) is 17.3 Å². The molecule has 0 bridgehead atoms. The highest BCUT2D eigenvalue weighted by Crippen LogP contribution is 2.14. The molecule has 2 N–H and O–H groups in total. The maximum Gasteiger partial charge on any atom is 0.126 e. The van der Waals surface area contributed by atoms with Crippen molar-refractivity contribution < 1.29 is 15.0 Å². The molecule has 0 aliphatic rings. The number of phenols is 2. The number of phenolic OH excluding ortho intramolecular Hbond substituents is 2. The first-order valence-electron chi connectivity index (χ1n) is 3.47. The van der Waals surface area contributed by atoms with Gasteiger partial charge in [-0.15, -0.1) is 0 Å². The fourth-order valence-corrected chi connectivity index (χ4v) is 0.493. The Hall–Kier alpha value is -1.51. The summed E-state index contributed by atoms with van der Waals surface area (Å²) in [6.45, 7) is 3.06. The van der Waals surface area contributed by atoms with E-state index in [-0.39, 0.29) is 17.3 Å². The molecule has 0 fully saturated rings. The summed E-state index contributed by atoms with van der Waals surface area (Å²) < 4.78 is 0. The molecular weight excluding hydrogens is 156 g/mol. The number of aromatic hydroxyl groups is 2.